The van der Waals surface area contributed by atoms with E-state index in [9.17, 15) is 4.79 Å². The van der Waals surface area contributed by atoms with Crippen LogP contribution >= 0.6 is 11.6 Å². The van der Waals surface area contributed by atoms with Crippen LogP contribution in [0.15, 0.2) is 61.3 Å². The molecular weight excluding hydrogens is 408 g/mol. The van der Waals surface area contributed by atoms with E-state index in [0.717, 1.165) is 0 Å². The second-order valence-corrected chi connectivity index (χ2v) is 6.24. The van der Waals surface area contributed by atoms with Crippen molar-refractivity contribution in [3.8, 4) is 23.1 Å². The topological polar surface area (TPSA) is 94.6 Å². The van der Waals surface area contributed by atoms with Gasteiger partial charge in [-0.2, -0.15) is 4.98 Å². The number of aromatic nitrogens is 2. The highest BCUT2D eigenvalue weighted by Crippen LogP contribution is 2.36. The molecular formula is C21H19ClN4O4. The molecule has 0 aliphatic carbocycles. The zero-order valence-corrected chi connectivity index (χ0v) is 17.1. The molecule has 0 spiro atoms. The summed E-state index contributed by atoms with van der Waals surface area (Å²) in [4.78, 5) is 20.0. The van der Waals surface area contributed by atoms with Crippen molar-refractivity contribution >= 4 is 34.8 Å². The van der Waals surface area contributed by atoms with E-state index in [1.807, 2.05) is 0 Å². The van der Waals surface area contributed by atoms with Gasteiger partial charge in [0, 0.05) is 11.8 Å². The molecule has 0 aliphatic heterocycles. The first-order chi connectivity index (χ1) is 14.5. The van der Waals surface area contributed by atoms with Crippen molar-refractivity contribution in [1.29, 1.82) is 0 Å². The summed E-state index contributed by atoms with van der Waals surface area (Å²) in [6, 6.07) is 12.2. The van der Waals surface area contributed by atoms with Crippen LogP contribution in [0.1, 0.15) is 0 Å². The molecule has 3 aromatic rings. The molecule has 8 nitrogen and oxygen atoms in total. The maximum atomic E-state index is 11.5. The van der Waals surface area contributed by atoms with Gasteiger partial charge >= 0.3 is 0 Å². The molecule has 2 N–H and O–H groups in total. The summed E-state index contributed by atoms with van der Waals surface area (Å²) in [5, 5.41) is 5.94. The van der Waals surface area contributed by atoms with Gasteiger partial charge in [0.15, 0.2) is 11.5 Å². The molecule has 0 atom stereocenters. The fourth-order valence-corrected chi connectivity index (χ4v) is 2.66. The van der Waals surface area contributed by atoms with Crippen LogP contribution in [0.5, 0.6) is 23.1 Å². The normalized spacial score (nSPS) is 10.1. The Labute approximate surface area is 178 Å². The molecule has 2 aromatic carbocycles. The van der Waals surface area contributed by atoms with Gasteiger partial charge in [-0.3, -0.25) is 4.79 Å². The van der Waals surface area contributed by atoms with E-state index >= 15 is 0 Å². The largest absolute Gasteiger partial charge is 0.493 e. The zero-order chi connectivity index (χ0) is 21.5. The van der Waals surface area contributed by atoms with Crippen molar-refractivity contribution in [3.63, 3.8) is 0 Å². The smallest absolute Gasteiger partial charge is 0.247 e. The first kappa shape index (κ1) is 20.9. The van der Waals surface area contributed by atoms with E-state index in [1.165, 1.54) is 12.3 Å². The van der Waals surface area contributed by atoms with Gasteiger partial charge in [0.05, 0.1) is 26.1 Å². The molecule has 0 saturated heterocycles. The molecule has 0 unspecified atom stereocenters. The van der Waals surface area contributed by atoms with Crippen molar-refractivity contribution in [1.82, 2.24) is 9.97 Å². The number of anilines is 3. The standard InChI is InChI=1S/C21H19ClN4O4/c1-4-18(27)24-13-7-5-8-14(11-13)30-20-15(22)12-23-21(26-20)25-16-9-6-10-17(28-2)19(16)29-3/h4-12H,1H2,2-3H3,(H,24,27)(H,23,25,26). The lowest BCUT2D eigenvalue weighted by Gasteiger charge is -2.14. The number of carbonyl (C=O) groups is 1. The number of hydrogen-bond donors (Lipinski definition) is 2. The minimum atomic E-state index is -0.328. The average Bonchev–Trinajstić information content (AvgIpc) is 2.76. The highest BCUT2D eigenvalue weighted by molar-refractivity contribution is 6.31. The molecule has 154 valence electrons. The molecule has 1 amide bonds. The van der Waals surface area contributed by atoms with Crippen LogP contribution in [-0.2, 0) is 4.79 Å². The highest BCUT2D eigenvalue weighted by atomic mass is 35.5. The maximum Gasteiger partial charge on any atom is 0.247 e. The predicted molar refractivity (Wildman–Crippen MR) is 115 cm³/mol. The van der Waals surface area contributed by atoms with Gasteiger partial charge in [-0.25, -0.2) is 4.98 Å². The number of para-hydroxylation sites is 1. The van der Waals surface area contributed by atoms with E-state index in [2.05, 4.69) is 27.2 Å². The Balaban J connectivity index is 1.84. The Kier molecular flexibility index (Phi) is 6.71. The number of amides is 1. The first-order valence-corrected chi connectivity index (χ1v) is 9.13. The molecule has 30 heavy (non-hydrogen) atoms. The lowest BCUT2D eigenvalue weighted by molar-refractivity contribution is -0.111. The maximum absolute atomic E-state index is 11.5. The average molecular weight is 427 g/mol. The summed E-state index contributed by atoms with van der Waals surface area (Å²) in [6.45, 7) is 3.42. The SMILES string of the molecule is C=CC(=O)Nc1cccc(Oc2nc(Nc3cccc(OC)c3OC)ncc2Cl)c1. The van der Waals surface area contributed by atoms with Crippen molar-refractivity contribution in [3.05, 3.63) is 66.3 Å². The van der Waals surface area contributed by atoms with E-state index in [-0.39, 0.29) is 22.8 Å². The van der Waals surface area contributed by atoms with Gasteiger partial charge < -0.3 is 24.8 Å². The predicted octanol–water partition coefficient (Wildman–Crippen LogP) is 4.81. The molecule has 0 radical (unpaired) electrons. The Bertz CT molecular complexity index is 1070. The van der Waals surface area contributed by atoms with Gasteiger partial charge in [-0.15, -0.1) is 0 Å². The number of nitrogens with zero attached hydrogens (tertiary/aromatic N) is 2. The molecule has 0 saturated carbocycles. The fourth-order valence-electron chi connectivity index (χ4n) is 2.53. The van der Waals surface area contributed by atoms with Crippen molar-refractivity contribution in [2.75, 3.05) is 24.9 Å². The van der Waals surface area contributed by atoms with Gasteiger partial charge in [0.2, 0.25) is 17.7 Å². The molecule has 9 heteroatoms. The zero-order valence-electron chi connectivity index (χ0n) is 16.3. The number of rotatable bonds is 8. The summed E-state index contributed by atoms with van der Waals surface area (Å²) in [5.41, 5.74) is 1.15. The minimum absolute atomic E-state index is 0.142. The van der Waals surface area contributed by atoms with E-state index in [4.69, 9.17) is 25.8 Å². The third kappa shape index (κ3) is 4.98. The third-order valence-electron chi connectivity index (χ3n) is 3.86. The molecule has 1 heterocycles. The second kappa shape index (κ2) is 9.62. The minimum Gasteiger partial charge on any atom is -0.493 e. The number of halogens is 1. The third-order valence-corrected chi connectivity index (χ3v) is 4.12. The number of methoxy groups -OCH3 is 2. The lowest BCUT2D eigenvalue weighted by Crippen LogP contribution is -2.07. The Hall–Kier alpha value is -3.78. The van der Waals surface area contributed by atoms with Crippen molar-refractivity contribution in [2.45, 2.75) is 0 Å². The van der Waals surface area contributed by atoms with Crippen LogP contribution in [-0.4, -0.2) is 30.1 Å². The summed E-state index contributed by atoms with van der Waals surface area (Å²) < 4.78 is 16.5. The summed E-state index contributed by atoms with van der Waals surface area (Å²) >= 11 is 6.20. The molecule has 3 rings (SSSR count). The number of carbonyl (C=O) groups excluding carboxylic acids is 1. The van der Waals surface area contributed by atoms with E-state index < -0.39 is 0 Å². The molecule has 0 aliphatic rings. The summed E-state index contributed by atoms with van der Waals surface area (Å²) in [6.07, 6.45) is 2.60. The quantitative estimate of drug-likeness (QED) is 0.499. The first-order valence-electron chi connectivity index (χ1n) is 8.76. The van der Waals surface area contributed by atoms with Crippen LogP contribution in [0.2, 0.25) is 5.02 Å². The highest BCUT2D eigenvalue weighted by Gasteiger charge is 2.13. The van der Waals surface area contributed by atoms with E-state index in [0.29, 0.717) is 28.6 Å². The van der Waals surface area contributed by atoms with E-state index in [1.54, 1.807) is 56.7 Å². The monoisotopic (exact) mass is 426 g/mol. The Morgan fingerprint density at radius 2 is 1.97 bits per heavy atom. The van der Waals surface area contributed by atoms with Gasteiger partial charge in [-0.05, 0) is 30.3 Å². The molecule has 1 aromatic heterocycles. The Morgan fingerprint density at radius 3 is 2.70 bits per heavy atom. The van der Waals surface area contributed by atoms with Crippen LogP contribution in [0, 0.1) is 0 Å². The van der Waals surface area contributed by atoms with Gasteiger partial charge in [0.1, 0.15) is 10.8 Å². The summed E-state index contributed by atoms with van der Waals surface area (Å²) in [7, 11) is 3.09. The molecule has 0 bridgehead atoms. The van der Waals surface area contributed by atoms with Crippen molar-refractivity contribution in [2.24, 2.45) is 0 Å². The van der Waals surface area contributed by atoms with Gasteiger partial charge in [-0.1, -0.05) is 30.3 Å². The van der Waals surface area contributed by atoms with Crippen LogP contribution < -0.4 is 24.8 Å². The van der Waals surface area contributed by atoms with Crippen LogP contribution in [0.4, 0.5) is 17.3 Å². The fraction of sp³-hybridized carbons (Fsp3) is 0.0952. The number of hydrogen-bond acceptors (Lipinski definition) is 7. The number of benzene rings is 2. The Morgan fingerprint density at radius 1 is 1.17 bits per heavy atom. The van der Waals surface area contributed by atoms with Crippen LogP contribution in [0.25, 0.3) is 0 Å². The van der Waals surface area contributed by atoms with Gasteiger partial charge in [0.25, 0.3) is 0 Å². The van der Waals surface area contributed by atoms with Crippen molar-refractivity contribution < 1.29 is 19.0 Å². The lowest BCUT2D eigenvalue weighted by atomic mass is 10.2. The second-order valence-electron chi connectivity index (χ2n) is 5.84. The summed E-state index contributed by atoms with van der Waals surface area (Å²) in [5.74, 6) is 1.56. The number of ether oxygens (including phenoxy) is 3. The molecule has 0 fully saturated rings. The van der Waals surface area contributed by atoms with Crippen LogP contribution in [0.3, 0.4) is 0 Å². The number of nitrogens with one attached hydrogen (secondary N) is 2.